The van der Waals surface area contributed by atoms with Gasteiger partial charge in [0.05, 0.1) is 7.11 Å². The van der Waals surface area contributed by atoms with Crippen molar-refractivity contribution in [3.63, 3.8) is 0 Å². The predicted molar refractivity (Wildman–Crippen MR) is 154 cm³/mol. The van der Waals surface area contributed by atoms with Gasteiger partial charge in [0.25, 0.3) is 10.1 Å². The largest absolute Gasteiger partial charge is 0.495 e. The minimum absolute atomic E-state index is 0.0966. The van der Waals surface area contributed by atoms with Crippen LogP contribution in [0.3, 0.4) is 0 Å². The van der Waals surface area contributed by atoms with Gasteiger partial charge in [-0.05, 0) is 73.1 Å². The molecule has 6 aromatic carbocycles. The second-order valence-electron chi connectivity index (χ2n) is 9.13. The second kappa shape index (κ2) is 9.45. The van der Waals surface area contributed by atoms with E-state index in [0.717, 1.165) is 49.4 Å². The molecule has 4 nitrogen and oxygen atoms in total. The molecular weight excluding hydrogens is 492 g/mol. The Labute approximate surface area is 221 Å². The molecule has 0 aliphatic carbocycles. The van der Waals surface area contributed by atoms with Crippen molar-refractivity contribution in [3.05, 3.63) is 121 Å². The van der Waals surface area contributed by atoms with Gasteiger partial charge in [0.2, 0.25) is 0 Å². The third-order valence-electron chi connectivity index (χ3n) is 6.92. The predicted octanol–water partition coefficient (Wildman–Crippen LogP) is 8.25. The van der Waals surface area contributed by atoms with Crippen molar-refractivity contribution in [1.29, 1.82) is 0 Å². The van der Waals surface area contributed by atoms with Crippen LogP contribution in [0.5, 0.6) is 5.75 Å². The summed E-state index contributed by atoms with van der Waals surface area (Å²) in [5, 5.41) is 4.45. The summed E-state index contributed by atoms with van der Waals surface area (Å²) in [7, 11) is -3.09. The maximum Gasteiger partial charge on any atom is 0.298 e. The molecule has 186 valence electrons. The van der Waals surface area contributed by atoms with E-state index in [4.69, 9.17) is 4.74 Å². The smallest absolute Gasteiger partial charge is 0.298 e. The summed E-state index contributed by atoms with van der Waals surface area (Å²) >= 11 is 0. The van der Waals surface area contributed by atoms with E-state index in [-0.39, 0.29) is 10.6 Å². The van der Waals surface area contributed by atoms with E-state index in [1.165, 1.54) is 13.2 Å². The first-order chi connectivity index (χ1) is 18.5. The SMILES string of the molecule is COc1ccc(-c2ccc3c(-c4ccccc4)c4ccccc4c(-c4ccccc4)c3c2)cc1S(=O)(=O)O. The molecule has 0 radical (unpaired) electrons. The lowest BCUT2D eigenvalue weighted by Gasteiger charge is -2.19. The van der Waals surface area contributed by atoms with Crippen LogP contribution >= 0.6 is 0 Å². The van der Waals surface area contributed by atoms with Crippen molar-refractivity contribution in [3.8, 4) is 39.1 Å². The van der Waals surface area contributed by atoms with Crippen LogP contribution < -0.4 is 4.74 Å². The Hall–Kier alpha value is -4.45. The summed E-state index contributed by atoms with van der Waals surface area (Å²) in [6.07, 6.45) is 0. The van der Waals surface area contributed by atoms with Crippen LogP contribution in [0.4, 0.5) is 0 Å². The van der Waals surface area contributed by atoms with Crippen LogP contribution in [0.2, 0.25) is 0 Å². The monoisotopic (exact) mass is 516 g/mol. The highest BCUT2D eigenvalue weighted by molar-refractivity contribution is 7.86. The Kier molecular flexibility index (Phi) is 5.95. The van der Waals surface area contributed by atoms with E-state index in [1.807, 2.05) is 42.5 Å². The Balaban J connectivity index is 1.73. The van der Waals surface area contributed by atoms with Gasteiger partial charge in [0.1, 0.15) is 10.6 Å². The van der Waals surface area contributed by atoms with Gasteiger partial charge in [-0.25, -0.2) is 0 Å². The molecule has 0 saturated heterocycles. The first-order valence-electron chi connectivity index (χ1n) is 12.2. The lowest BCUT2D eigenvalue weighted by atomic mass is 9.85. The Morgan fingerprint density at radius 2 is 1.00 bits per heavy atom. The lowest BCUT2D eigenvalue weighted by molar-refractivity contribution is 0.397. The van der Waals surface area contributed by atoms with Crippen LogP contribution in [0.15, 0.2) is 126 Å². The van der Waals surface area contributed by atoms with Crippen molar-refractivity contribution in [1.82, 2.24) is 0 Å². The number of hydrogen-bond donors (Lipinski definition) is 1. The van der Waals surface area contributed by atoms with E-state index in [1.54, 1.807) is 12.1 Å². The van der Waals surface area contributed by atoms with Crippen LogP contribution in [-0.2, 0) is 10.1 Å². The van der Waals surface area contributed by atoms with Gasteiger partial charge in [-0.2, -0.15) is 8.42 Å². The molecule has 0 heterocycles. The fourth-order valence-electron chi connectivity index (χ4n) is 5.25. The summed E-state index contributed by atoms with van der Waals surface area (Å²) in [6.45, 7) is 0. The third kappa shape index (κ3) is 4.12. The van der Waals surface area contributed by atoms with Gasteiger partial charge in [-0.15, -0.1) is 0 Å². The molecule has 6 rings (SSSR count). The average molecular weight is 517 g/mol. The van der Waals surface area contributed by atoms with Crippen molar-refractivity contribution in [2.45, 2.75) is 4.90 Å². The zero-order valence-electron chi connectivity index (χ0n) is 20.6. The van der Waals surface area contributed by atoms with Gasteiger partial charge in [0, 0.05) is 0 Å². The second-order valence-corrected chi connectivity index (χ2v) is 10.5. The van der Waals surface area contributed by atoms with E-state index < -0.39 is 10.1 Å². The topological polar surface area (TPSA) is 63.6 Å². The van der Waals surface area contributed by atoms with E-state index >= 15 is 0 Å². The average Bonchev–Trinajstić information content (AvgIpc) is 2.95. The lowest BCUT2D eigenvalue weighted by Crippen LogP contribution is -2.01. The molecule has 5 heteroatoms. The fourth-order valence-corrected chi connectivity index (χ4v) is 5.93. The molecule has 0 bridgehead atoms. The summed E-state index contributed by atoms with van der Waals surface area (Å²) in [5.74, 6) is 0.0966. The minimum atomic E-state index is -4.47. The number of rotatable bonds is 5. The van der Waals surface area contributed by atoms with Crippen molar-refractivity contribution in [2.75, 3.05) is 7.11 Å². The maximum atomic E-state index is 12.1. The highest BCUT2D eigenvalue weighted by Gasteiger charge is 2.20. The van der Waals surface area contributed by atoms with Crippen molar-refractivity contribution < 1.29 is 17.7 Å². The van der Waals surface area contributed by atoms with Crippen molar-refractivity contribution in [2.24, 2.45) is 0 Å². The molecule has 6 aromatic rings. The zero-order chi connectivity index (χ0) is 26.3. The third-order valence-corrected chi connectivity index (χ3v) is 7.80. The molecule has 0 aromatic heterocycles. The maximum absolute atomic E-state index is 12.1. The Bertz CT molecular complexity index is 1910. The number of fused-ring (bicyclic) bond motifs is 2. The van der Waals surface area contributed by atoms with Crippen LogP contribution in [0, 0.1) is 0 Å². The van der Waals surface area contributed by atoms with Gasteiger partial charge >= 0.3 is 0 Å². The first-order valence-corrected chi connectivity index (χ1v) is 13.6. The number of methoxy groups -OCH3 is 1. The highest BCUT2D eigenvalue weighted by Crippen LogP contribution is 2.45. The summed E-state index contributed by atoms with van der Waals surface area (Å²) in [5.41, 5.74) is 5.97. The Morgan fingerprint density at radius 3 is 1.55 bits per heavy atom. The fraction of sp³-hybridized carbons (Fsp3) is 0.0303. The normalized spacial score (nSPS) is 11.6. The molecular formula is C33H24O4S. The van der Waals surface area contributed by atoms with E-state index in [9.17, 15) is 13.0 Å². The summed E-state index contributed by atoms with van der Waals surface area (Å²) < 4.78 is 39.1. The van der Waals surface area contributed by atoms with E-state index in [0.29, 0.717) is 5.56 Å². The molecule has 0 atom stereocenters. The molecule has 0 spiro atoms. The van der Waals surface area contributed by atoms with E-state index in [2.05, 4.69) is 60.7 Å². The van der Waals surface area contributed by atoms with Crippen LogP contribution in [0.1, 0.15) is 0 Å². The summed E-state index contributed by atoms with van der Waals surface area (Å²) in [4.78, 5) is -0.260. The molecule has 0 saturated carbocycles. The zero-order valence-corrected chi connectivity index (χ0v) is 21.4. The van der Waals surface area contributed by atoms with Crippen LogP contribution in [-0.4, -0.2) is 20.1 Å². The first kappa shape index (κ1) is 23.9. The molecule has 0 amide bonds. The van der Waals surface area contributed by atoms with Gasteiger partial charge in [-0.1, -0.05) is 103 Å². The highest BCUT2D eigenvalue weighted by atomic mass is 32.2. The standard InChI is InChI=1S/C33H24O4S/c1-37-30-19-17-25(21-31(30)38(34,35)36)24-16-18-28-29(20-24)33(23-12-6-3-7-13-23)27-15-9-8-14-26(27)32(28)22-10-4-2-5-11-22/h2-21H,1H3,(H,34,35,36). The quantitative estimate of drug-likeness (QED) is 0.185. The van der Waals surface area contributed by atoms with Gasteiger partial charge < -0.3 is 4.74 Å². The molecule has 0 aliphatic rings. The number of benzene rings is 6. The van der Waals surface area contributed by atoms with Gasteiger partial charge in [-0.3, -0.25) is 4.55 Å². The van der Waals surface area contributed by atoms with Gasteiger partial charge in [0.15, 0.2) is 0 Å². The molecule has 0 unspecified atom stereocenters. The van der Waals surface area contributed by atoms with Crippen LogP contribution in [0.25, 0.3) is 54.9 Å². The molecule has 0 fully saturated rings. The number of hydrogen-bond acceptors (Lipinski definition) is 3. The minimum Gasteiger partial charge on any atom is -0.495 e. The molecule has 0 aliphatic heterocycles. The summed E-state index contributed by atoms with van der Waals surface area (Å²) in [6, 6.07) is 40.1. The molecule has 38 heavy (non-hydrogen) atoms. The Morgan fingerprint density at radius 1 is 0.526 bits per heavy atom. The molecule has 1 N–H and O–H groups in total. The number of ether oxygens (including phenoxy) is 1. The van der Waals surface area contributed by atoms with Crippen molar-refractivity contribution >= 4 is 31.7 Å².